The van der Waals surface area contributed by atoms with Gasteiger partial charge in [0.05, 0.1) is 17.9 Å². The maximum Gasteiger partial charge on any atom is 0.286 e. The Morgan fingerprint density at radius 1 is 1.21 bits per heavy atom. The van der Waals surface area contributed by atoms with Crippen LogP contribution in [0.3, 0.4) is 0 Å². The molecule has 2 N–H and O–H groups in total. The predicted molar refractivity (Wildman–Crippen MR) is 110 cm³/mol. The standard InChI is InChI=1S/C19H17N5O3S2/c20-11-13-5-7-14(8-6-13)12-28-19-24-23-18(29-19)22-16(25)4-1-9-21-17(26)15-3-2-10-27-15/h2-3,5-8,10H,1,4,9,12H2,(H,21,26)(H,22,23,25). The first-order chi connectivity index (χ1) is 14.1. The number of nitriles is 1. The minimum atomic E-state index is -0.302. The molecule has 8 nitrogen and oxygen atoms in total. The highest BCUT2D eigenvalue weighted by Crippen LogP contribution is 2.28. The third kappa shape index (κ3) is 6.44. The summed E-state index contributed by atoms with van der Waals surface area (Å²) in [4.78, 5) is 23.7. The molecule has 2 heterocycles. The van der Waals surface area contributed by atoms with Gasteiger partial charge in [-0.25, -0.2) is 0 Å². The number of hydrogen-bond donors (Lipinski definition) is 2. The highest BCUT2D eigenvalue weighted by Gasteiger charge is 2.10. The largest absolute Gasteiger partial charge is 0.459 e. The Hall–Kier alpha value is -3.16. The molecule has 2 aromatic heterocycles. The number of nitrogens with zero attached hydrogens (tertiary/aromatic N) is 3. The topological polar surface area (TPSA) is 121 Å². The van der Waals surface area contributed by atoms with Crippen molar-refractivity contribution < 1.29 is 14.0 Å². The monoisotopic (exact) mass is 427 g/mol. The third-order valence-electron chi connectivity index (χ3n) is 3.71. The second-order valence-corrected chi connectivity index (χ2v) is 8.06. The van der Waals surface area contributed by atoms with Crippen LogP contribution in [0.1, 0.15) is 34.5 Å². The van der Waals surface area contributed by atoms with Gasteiger partial charge in [-0.1, -0.05) is 35.2 Å². The molecule has 0 radical (unpaired) electrons. The predicted octanol–water partition coefficient (Wildman–Crippen LogP) is 3.44. The Bertz CT molecular complexity index is 994. The highest BCUT2D eigenvalue weighted by atomic mass is 32.2. The number of furan rings is 1. The molecule has 0 unspecified atom stereocenters. The molecule has 148 valence electrons. The van der Waals surface area contributed by atoms with E-state index >= 15 is 0 Å². The molecule has 3 rings (SSSR count). The van der Waals surface area contributed by atoms with Gasteiger partial charge in [-0.2, -0.15) is 5.26 Å². The van der Waals surface area contributed by atoms with E-state index in [0.29, 0.717) is 29.4 Å². The zero-order chi connectivity index (χ0) is 20.5. The molecule has 2 amide bonds. The fourth-order valence-electron chi connectivity index (χ4n) is 2.27. The van der Waals surface area contributed by atoms with Gasteiger partial charge in [-0.15, -0.1) is 10.2 Å². The van der Waals surface area contributed by atoms with Gasteiger partial charge in [0.2, 0.25) is 11.0 Å². The van der Waals surface area contributed by atoms with Crippen molar-refractivity contribution in [2.24, 2.45) is 0 Å². The average Bonchev–Trinajstić information content (AvgIpc) is 3.42. The number of amides is 2. The van der Waals surface area contributed by atoms with Crippen LogP contribution in [0.2, 0.25) is 0 Å². The van der Waals surface area contributed by atoms with Crippen molar-refractivity contribution in [3.63, 3.8) is 0 Å². The van der Waals surface area contributed by atoms with Gasteiger partial charge in [0, 0.05) is 18.7 Å². The molecule has 0 fully saturated rings. The maximum atomic E-state index is 12.0. The van der Waals surface area contributed by atoms with Crippen LogP contribution in [0.15, 0.2) is 51.4 Å². The summed E-state index contributed by atoms with van der Waals surface area (Å²) in [5, 5.41) is 22.7. The maximum absolute atomic E-state index is 12.0. The summed E-state index contributed by atoms with van der Waals surface area (Å²) in [7, 11) is 0. The van der Waals surface area contributed by atoms with Gasteiger partial charge in [-0.3, -0.25) is 9.59 Å². The molecular weight excluding hydrogens is 410 g/mol. The van der Waals surface area contributed by atoms with Crippen LogP contribution in [-0.4, -0.2) is 28.6 Å². The van der Waals surface area contributed by atoms with E-state index in [4.69, 9.17) is 9.68 Å². The highest BCUT2D eigenvalue weighted by molar-refractivity contribution is 8.00. The zero-order valence-electron chi connectivity index (χ0n) is 15.3. The average molecular weight is 428 g/mol. The Morgan fingerprint density at radius 3 is 2.76 bits per heavy atom. The number of benzene rings is 1. The molecule has 10 heteroatoms. The summed E-state index contributed by atoms with van der Waals surface area (Å²) in [6.07, 6.45) is 2.18. The van der Waals surface area contributed by atoms with Gasteiger partial charge in [0.1, 0.15) is 0 Å². The lowest BCUT2D eigenvalue weighted by molar-refractivity contribution is -0.116. The van der Waals surface area contributed by atoms with Crippen molar-refractivity contribution in [1.82, 2.24) is 15.5 Å². The van der Waals surface area contributed by atoms with Crippen LogP contribution in [0, 0.1) is 11.3 Å². The summed E-state index contributed by atoms with van der Waals surface area (Å²) in [6.45, 7) is 0.370. The number of nitrogens with one attached hydrogen (secondary N) is 2. The quantitative estimate of drug-likeness (QED) is 0.305. The van der Waals surface area contributed by atoms with Gasteiger partial charge in [0.15, 0.2) is 10.1 Å². The zero-order valence-corrected chi connectivity index (χ0v) is 16.9. The smallest absolute Gasteiger partial charge is 0.286 e. The number of hydrogen-bond acceptors (Lipinski definition) is 8. The summed E-state index contributed by atoms with van der Waals surface area (Å²) < 4.78 is 5.74. The Balaban J connectivity index is 1.36. The number of carbonyl (C=O) groups is 2. The first-order valence-electron chi connectivity index (χ1n) is 8.71. The van der Waals surface area contributed by atoms with E-state index in [9.17, 15) is 9.59 Å². The van der Waals surface area contributed by atoms with Gasteiger partial charge in [0.25, 0.3) is 5.91 Å². The summed E-state index contributed by atoms with van der Waals surface area (Å²) in [5.74, 6) is 0.457. The van der Waals surface area contributed by atoms with Crippen LogP contribution < -0.4 is 10.6 Å². The molecule has 0 aliphatic rings. The number of thioether (sulfide) groups is 1. The van der Waals surface area contributed by atoms with Gasteiger partial charge >= 0.3 is 0 Å². The van der Waals surface area contributed by atoms with Gasteiger partial charge < -0.3 is 15.1 Å². The van der Waals surface area contributed by atoms with Crippen molar-refractivity contribution >= 4 is 40.0 Å². The Morgan fingerprint density at radius 2 is 2.03 bits per heavy atom. The van der Waals surface area contributed by atoms with E-state index in [-0.39, 0.29) is 24.0 Å². The van der Waals surface area contributed by atoms with Crippen LogP contribution in [0.25, 0.3) is 0 Å². The molecule has 0 atom stereocenters. The van der Waals surface area contributed by atoms with Crippen molar-refractivity contribution in [2.75, 3.05) is 11.9 Å². The number of anilines is 1. The van der Waals surface area contributed by atoms with Crippen LogP contribution >= 0.6 is 23.1 Å². The molecule has 0 spiro atoms. The first kappa shape index (κ1) is 20.6. The number of rotatable bonds is 9. The lowest BCUT2D eigenvalue weighted by atomic mass is 10.2. The van der Waals surface area contributed by atoms with E-state index in [1.807, 2.05) is 12.1 Å². The number of aromatic nitrogens is 2. The summed E-state index contributed by atoms with van der Waals surface area (Å²) in [6, 6.07) is 12.7. The summed E-state index contributed by atoms with van der Waals surface area (Å²) in [5.41, 5.74) is 1.70. The van der Waals surface area contributed by atoms with E-state index < -0.39 is 0 Å². The molecule has 0 bridgehead atoms. The molecule has 3 aromatic rings. The van der Waals surface area contributed by atoms with E-state index in [1.54, 1.807) is 24.3 Å². The minimum absolute atomic E-state index is 0.183. The fraction of sp³-hybridized carbons (Fsp3) is 0.211. The normalized spacial score (nSPS) is 10.3. The van der Waals surface area contributed by atoms with Crippen LogP contribution in [0.4, 0.5) is 5.13 Å². The second-order valence-electron chi connectivity index (χ2n) is 5.86. The minimum Gasteiger partial charge on any atom is -0.459 e. The van der Waals surface area contributed by atoms with Crippen molar-refractivity contribution in [1.29, 1.82) is 5.26 Å². The Kier molecular flexibility index (Phi) is 7.38. The fourth-order valence-corrected chi connectivity index (χ4v) is 3.99. The third-order valence-corrected chi connectivity index (χ3v) is 5.75. The number of carbonyl (C=O) groups excluding carboxylic acids is 2. The first-order valence-corrected chi connectivity index (χ1v) is 10.5. The molecule has 29 heavy (non-hydrogen) atoms. The van der Waals surface area contributed by atoms with Gasteiger partial charge in [-0.05, 0) is 36.2 Å². The van der Waals surface area contributed by atoms with Crippen molar-refractivity contribution in [2.45, 2.75) is 22.9 Å². The molecule has 1 aromatic carbocycles. The molecule has 0 saturated heterocycles. The lowest BCUT2D eigenvalue weighted by Gasteiger charge is -2.03. The van der Waals surface area contributed by atoms with Crippen LogP contribution in [0.5, 0.6) is 0 Å². The Labute approximate surface area is 175 Å². The SMILES string of the molecule is N#Cc1ccc(CSc2nnc(NC(=O)CCCNC(=O)c3ccco3)s2)cc1. The van der Waals surface area contributed by atoms with Crippen LogP contribution in [-0.2, 0) is 10.5 Å². The van der Waals surface area contributed by atoms with E-state index in [1.165, 1.54) is 29.4 Å². The van der Waals surface area contributed by atoms with Crippen molar-refractivity contribution in [3.8, 4) is 6.07 Å². The molecule has 0 aliphatic carbocycles. The van der Waals surface area contributed by atoms with E-state index in [2.05, 4.69) is 26.9 Å². The molecular formula is C19H17N5O3S2. The lowest BCUT2D eigenvalue weighted by Crippen LogP contribution is -2.25. The van der Waals surface area contributed by atoms with Crippen molar-refractivity contribution in [3.05, 3.63) is 59.5 Å². The second kappa shape index (κ2) is 10.4. The molecule has 0 saturated carbocycles. The van der Waals surface area contributed by atoms with E-state index in [0.717, 1.165) is 9.90 Å². The molecule has 0 aliphatic heterocycles. The summed E-state index contributed by atoms with van der Waals surface area (Å²) >= 11 is 2.82.